The molecule has 168 valence electrons. The van der Waals surface area contributed by atoms with E-state index < -0.39 is 0 Å². The highest BCUT2D eigenvalue weighted by Crippen LogP contribution is 2.04. The summed E-state index contributed by atoms with van der Waals surface area (Å²) in [4.78, 5) is 9.84. The van der Waals surface area contributed by atoms with Gasteiger partial charge >= 0.3 is 0 Å². The van der Waals surface area contributed by atoms with E-state index in [1.54, 1.807) is 0 Å². The predicted molar refractivity (Wildman–Crippen MR) is 134 cm³/mol. The lowest BCUT2D eigenvalue weighted by molar-refractivity contribution is 0.136. The van der Waals surface area contributed by atoms with Crippen molar-refractivity contribution in [2.24, 2.45) is 4.99 Å². The Balaban J connectivity index is 0.00000420. The van der Waals surface area contributed by atoms with Gasteiger partial charge in [0.05, 0.1) is 5.69 Å². The van der Waals surface area contributed by atoms with Crippen LogP contribution in [-0.4, -0.2) is 84.4 Å². The number of hydrogen-bond donors (Lipinski definition) is 2. The molecule has 0 atom stereocenters. The molecule has 0 bridgehead atoms. The summed E-state index contributed by atoms with van der Waals surface area (Å²) in [5.74, 6) is 0.937. The van der Waals surface area contributed by atoms with Crippen molar-refractivity contribution >= 4 is 29.9 Å². The van der Waals surface area contributed by atoms with Gasteiger partial charge in [-0.3, -0.25) is 9.67 Å². The second kappa shape index (κ2) is 15.0. The molecule has 1 aliphatic heterocycles. The summed E-state index contributed by atoms with van der Waals surface area (Å²) in [6, 6.07) is 2.12. The first-order valence-corrected chi connectivity index (χ1v) is 11.1. The molecule has 1 saturated heterocycles. The average molecular weight is 520 g/mol. The molecule has 0 saturated carbocycles. The number of hydrogen-bond acceptors (Lipinski definition) is 4. The Morgan fingerprint density at radius 3 is 2.34 bits per heavy atom. The van der Waals surface area contributed by atoms with E-state index in [9.17, 15) is 0 Å². The third-order valence-corrected chi connectivity index (χ3v) is 5.35. The quantitative estimate of drug-likeness (QED) is 0.204. The number of nitrogens with zero attached hydrogens (tertiary/aromatic N) is 5. The number of unbranched alkanes of at least 4 members (excludes halogenated alkanes) is 1. The van der Waals surface area contributed by atoms with Crippen molar-refractivity contribution in [1.82, 2.24) is 30.2 Å². The van der Waals surface area contributed by atoms with E-state index in [1.165, 1.54) is 57.8 Å². The van der Waals surface area contributed by atoms with Crippen LogP contribution in [0.1, 0.15) is 44.5 Å². The molecule has 0 spiro atoms. The zero-order valence-electron chi connectivity index (χ0n) is 18.9. The van der Waals surface area contributed by atoms with E-state index in [0.29, 0.717) is 0 Å². The number of likely N-dealkylation sites (N-methyl/N-ethyl adjacent to an activating group) is 1. The molecule has 0 radical (unpaired) electrons. The normalized spacial score (nSPS) is 15.9. The van der Waals surface area contributed by atoms with Gasteiger partial charge in [0.1, 0.15) is 0 Å². The molecule has 29 heavy (non-hydrogen) atoms. The molecule has 0 amide bonds. The topological polar surface area (TPSA) is 60.7 Å². The highest BCUT2D eigenvalue weighted by atomic mass is 127. The second-order valence-corrected chi connectivity index (χ2v) is 7.67. The molecule has 2 heterocycles. The van der Waals surface area contributed by atoms with Gasteiger partial charge in [-0.05, 0) is 59.2 Å². The maximum Gasteiger partial charge on any atom is 0.191 e. The molecule has 8 heteroatoms. The Labute approximate surface area is 194 Å². The van der Waals surface area contributed by atoms with E-state index in [-0.39, 0.29) is 24.0 Å². The van der Waals surface area contributed by atoms with Crippen LogP contribution in [0.15, 0.2) is 11.1 Å². The van der Waals surface area contributed by atoms with Gasteiger partial charge in [0, 0.05) is 58.1 Å². The van der Waals surface area contributed by atoms with E-state index in [2.05, 4.69) is 57.1 Å². The number of aliphatic imine (C=N–C) groups is 1. The van der Waals surface area contributed by atoms with Crippen LogP contribution in [0.2, 0.25) is 0 Å². The summed E-state index contributed by atoms with van der Waals surface area (Å²) in [5.41, 5.74) is 2.31. The first-order chi connectivity index (χ1) is 13.6. The number of nitrogens with one attached hydrogen (secondary N) is 2. The molecule has 0 unspecified atom stereocenters. The summed E-state index contributed by atoms with van der Waals surface area (Å²) in [7, 11) is 0. The van der Waals surface area contributed by atoms with Crippen molar-refractivity contribution < 1.29 is 0 Å². The number of aryl methyl sites for hydroxylation is 3. The smallest absolute Gasteiger partial charge is 0.191 e. The molecule has 1 fully saturated rings. The summed E-state index contributed by atoms with van der Waals surface area (Å²) < 4.78 is 2.07. The molecule has 1 aromatic rings. The number of aromatic nitrogens is 2. The van der Waals surface area contributed by atoms with Crippen molar-refractivity contribution in [2.45, 2.75) is 53.5 Å². The van der Waals surface area contributed by atoms with Gasteiger partial charge in [0.25, 0.3) is 0 Å². The molecular formula is C21H42IN7. The molecule has 0 aromatic carbocycles. The molecular weight excluding hydrogens is 477 g/mol. The zero-order chi connectivity index (χ0) is 20.2. The van der Waals surface area contributed by atoms with Crippen LogP contribution < -0.4 is 10.6 Å². The molecule has 2 rings (SSSR count). The fourth-order valence-corrected chi connectivity index (χ4v) is 3.65. The first kappa shape index (κ1) is 26.2. The van der Waals surface area contributed by atoms with Gasteiger partial charge in [-0.15, -0.1) is 24.0 Å². The van der Waals surface area contributed by atoms with Crippen molar-refractivity contribution in [3.63, 3.8) is 0 Å². The fourth-order valence-electron chi connectivity index (χ4n) is 3.65. The van der Waals surface area contributed by atoms with Crippen LogP contribution >= 0.6 is 24.0 Å². The Morgan fingerprint density at radius 2 is 1.72 bits per heavy atom. The molecule has 1 aromatic heterocycles. The fraction of sp³-hybridized carbons (Fsp3) is 0.810. The summed E-state index contributed by atoms with van der Waals surface area (Å²) in [6.07, 6.45) is 3.43. The van der Waals surface area contributed by atoms with Crippen LogP contribution in [0.3, 0.4) is 0 Å². The average Bonchev–Trinajstić information content (AvgIpc) is 3.02. The summed E-state index contributed by atoms with van der Waals surface area (Å²) in [5, 5.41) is 11.3. The van der Waals surface area contributed by atoms with E-state index in [0.717, 1.165) is 44.3 Å². The van der Waals surface area contributed by atoms with Crippen LogP contribution in [0.5, 0.6) is 0 Å². The number of piperazine rings is 1. The lowest BCUT2D eigenvalue weighted by Crippen LogP contribution is -2.46. The second-order valence-electron chi connectivity index (χ2n) is 7.67. The maximum absolute atomic E-state index is 4.71. The minimum Gasteiger partial charge on any atom is -0.357 e. The van der Waals surface area contributed by atoms with Crippen LogP contribution in [0.25, 0.3) is 0 Å². The van der Waals surface area contributed by atoms with Crippen molar-refractivity contribution in [3.8, 4) is 0 Å². The summed E-state index contributed by atoms with van der Waals surface area (Å²) >= 11 is 0. The largest absolute Gasteiger partial charge is 0.357 e. The lowest BCUT2D eigenvalue weighted by Gasteiger charge is -2.34. The first-order valence-electron chi connectivity index (χ1n) is 11.1. The highest BCUT2D eigenvalue weighted by molar-refractivity contribution is 14.0. The monoisotopic (exact) mass is 519 g/mol. The molecule has 2 N–H and O–H groups in total. The van der Waals surface area contributed by atoms with E-state index in [1.807, 2.05) is 6.92 Å². The zero-order valence-corrected chi connectivity index (χ0v) is 21.2. The van der Waals surface area contributed by atoms with Crippen molar-refractivity contribution in [1.29, 1.82) is 0 Å². The van der Waals surface area contributed by atoms with E-state index in [4.69, 9.17) is 4.99 Å². The van der Waals surface area contributed by atoms with Gasteiger partial charge in [0.15, 0.2) is 5.96 Å². The van der Waals surface area contributed by atoms with Crippen molar-refractivity contribution in [3.05, 3.63) is 17.5 Å². The van der Waals surface area contributed by atoms with Crippen molar-refractivity contribution in [2.75, 3.05) is 58.9 Å². The Hall–Kier alpha value is -0.870. The molecule has 1 aliphatic rings. The third-order valence-electron chi connectivity index (χ3n) is 5.35. The number of halogens is 1. The molecule has 0 aliphatic carbocycles. The maximum atomic E-state index is 4.71. The molecule has 7 nitrogen and oxygen atoms in total. The summed E-state index contributed by atoms with van der Waals surface area (Å²) in [6.45, 7) is 19.4. The van der Waals surface area contributed by atoms with Gasteiger partial charge in [0.2, 0.25) is 0 Å². The highest BCUT2D eigenvalue weighted by Gasteiger charge is 2.14. The van der Waals surface area contributed by atoms with Crippen LogP contribution in [0, 0.1) is 13.8 Å². The predicted octanol–water partition coefficient (Wildman–Crippen LogP) is 2.48. The number of guanidine groups is 1. The lowest BCUT2D eigenvalue weighted by atomic mass is 10.2. The Morgan fingerprint density at radius 1 is 1.00 bits per heavy atom. The van der Waals surface area contributed by atoms with Crippen LogP contribution in [-0.2, 0) is 6.54 Å². The van der Waals surface area contributed by atoms with Gasteiger partial charge in [-0.1, -0.05) is 6.92 Å². The third kappa shape index (κ3) is 10.1. The van der Waals surface area contributed by atoms with Gasteiger partial charge < -0.3 is 20.4 Å². The van der Waals surface area contributed by atoms with E-state index >= 15 is 0 Å². The van der Waals surface area contributed by atoms with Crippen LogP contribution in [0.4, 0.5) is 0 Å². The van der Waals surface area contributed by atoms with Gasteiger partial charge in [-0.25, -0.2) is 0 Å². The SMILES string of the molecule is CCNC(=NCCCn1nc(C)cc1C)NCCCCN1CCN(CC)CC1.I. The number of rotatable bonds is 11. The Bertz CT molecular complexity index is 580. The Kier molecular flexibility index (Phi) is 13.5. The minimum absolute atomic E-state index is 0. The standard InChI is InChI=1S/C21H41N7.HI/c1-5-22-21(24-11-9-13-28-20(4)18-19(3)25-28)23-10-7-8-12-27-16-14-26(6-2)15-17-27;/h18H,5-17H2,1-4H3,(H2,22,23,24);1H. The van der Waals surface area contributed by atoms with Gasteiger partial charge in [-0.2, -0.15) is 5.10 Å². The minimum atomic E-state index is 0.